The smallest absolute Gasteiger partial charge is 0.122 e. The molecule has 0 aromatic carbocycles. The molecule has 0 saturated heterocycles. The van der Waals surface area contributed by atoms with E-state index in [4.69, 9.17) is 4.42 Å². The lowest BCUT2D eigenvalue weighted by Crippen LogP contribution is -2.30. The molecule has 3 nitrogen and oxygen atoms in total. The lowest BCUT2D eigenvalue weighted by atomic mass is 10.1. The van der Waals surface area contributed by atoms with E-state index in [2.05, 4.69) is 30.1 Å². The van der Waals surface area contributed by atoms with Gasteiger partial charge in [0.15, 0.2) is 0 Å². The van der Waals surface area contributed by atoms with Crippen molar-refractivity contribution >= 4 is 0 Å². The summed E-state index contributed by atoms with van der Waals surface area (Å²) in [5, 5.41) is 3.55. The van der Waals surface area contributed by atoms with Gasteiger partial charge in [-0.3, -0.25) is 4.90 Å². The minimum absolute atomic E-state index is 0.737. The molecule has 106 valence electrons. The highest BCUT2D eigenvalue weighted by atomic mass is 16.3. The number of furan rings is 1. The van der Waals surface area contributed by atoms with Crippen molar-refractivity contribution in [1.29, 1.82) is 0 Å². The Morgan fingerprint density at radius 2 is 2.11 bits per heavy atom. The van der Waals surface area contributed by atoms with E-state index >= 15 is 0 Å². The van der Waals surface area contributed by atoms with Crippen LogP contribution < -0.4 is 5.32 Å². The molecule has 2 fully saturated rings. The largest absolute Gasteiger partial charge is 0.468 e. The van der Waals surface area contributed by atoms with Gasteiger partial charge in [0.05, 0.1) is 12.8 Å². The fourth-order valence-corrected chi connectivity index (χ4v) is 2.66. The summed E-state index contributed by atoms with van der Waals surface area (Å²) in [7, 11) is 0. The Kier molecular flexibility index (Phi) is 3.94. The van der Waals surface area contributed by atoms with Crippen molar-refractivity contribution in [2.45, 2.75) is 64.7 Å². The molecule has 0 amide bonds. The van der Waals surface area contributed by atoms with Gasteiger partial charge in [-0.1, -0.05) is 13.8 Å². The van der Waals surface area contributed by atoms with Crippen LogP contribution in [0.15, 0.2) is 16.7 Å². The maximum Gasteiger partial charge on any atom is 0.122 e. The zero-order valence-corrected chi connectivity index (χ0v) is 12.2. The van der Waals surface area contributed by atoms with Crippen LogP contribution in [0.25, 0.3) is 0 Å². The van der Waals surface area contributed by atoms with E-state index in [1.54, 1.807) is 0 Å². The van der Waals surface area contributed by atoms with E-state index in [1.165, 1.54) is 37.8 Å². The maximum atomic E-state index is 5.66. The Labute approximate surface area is 116 Å². The van der Waals surface area contributed by atoms with E-state index in [0.717, 1.165) is 36.9 Å². The summed E-state index contributed by atoms with van der Waals surface area (Å²) in [6.45, 7) is 7.76. The van der Waals surface area contributed by atoms with Gasteiger partial charge < -0.3 is 9.73 Å². The molecule has 1 aromatic heterocycles. The van der Waals surface area contributed by atoms with Gasteiger partial charge in [0.25, 0.3) is 0 Å². The molecule has 1 aromatic rings. The first-order valence-electron chi connectivity index (χ1n) is 7.75. The van der Waals surface area contributed by atoms with E-state index < -0.39 is 0 Å². The van der Waals surface area contributed by atoms with Gasteiger partial charge in [0.1, 0.15) is 5.76 Å². The van der Waals surface area contributed by atoms with Gasteiger partial charge >= 0.3 is 0 Å². The van der Waals surface area contributed by atoms with Crippen LogP contribution in [0.2, 0.25) is 0 Å². The SMILES string of the molecule is CC(C)CN(Cc1ccoc1CNC1CC1)C1CC1. The van der Waals surface area contributed by atoms with Crippen molar-refractivity contribution in [3.63, 3.8) is 0 Å². The maximum absolute atomic E-state index is 5.66. The number of hydrogen-bond donors (Lipinski definition) is 1. The lowest BCUT2D eigenvalue weighted by Gasteiger charge is -2.24. The van der Waals surface area contributed by atoms with Crippen molar-refractivity contribution < 1.29 is 4.42 Å². The fourth-order valence-electron chi connectivity index (χ4n) is 2.66. The molecule has 0 bridgehead atoms. The predicted molar refractivity (Wildman–Crippen MR) is 76.8 cm³/mol. The number of rotatable bonds is 8. The highest BCUT2D eigenvalue weighted by Crippen LogP contribution is 2.30. The molecule has 2 saturated carbocycles. The fraction of sp³-hybridized carbons (Fsp3) is 0.750. The zero-order valence-electron chi connectivity index (χ0n) is 12.2. The highest BCUT2D eigenvalue weighted by molar-refractivity contribution is 5.17. The first kappa shape index (κ1) is 13.2. The highest BCUT2D eigenvalue weighted by Gasteiger charge is 2.30. The molecular formula is C16H26N2O. The first-order chi connectivity index (χ1) is 9.22. The summed E-state index contributed by atoms with van der Waals surface area (Å²) in [6.07, 6.45) is 7.26. The second kappa shape index (κ2) is 5.68. The first-order valence-corrected chi connectivity index (χ1v) is 7.75. The van der Waals surface area contributed by atoms with Crippen LogP contribution in [0.5, 0.6) is 0 Å². The van der Waals surface area contributed by atoms with Crippen LogP contribution in [0.1, 0.15) is 50.9 Å². The monoisotopic (exact) mass is 262 g/mol. The van der Waals surface area contributed by atoms with Crippen molar-refractivity contribution in [2.24, 2.45) is 5.92 Å². The van der Waals surface area contributed by atoms with Crippen LogP contribution >= 0.6 is 0 Å². The third-order valence-corrected chi connectivity index (χ3v) is 4.00. The van der Waals surface area contributed by atoms with Gasteiger partial charge in [0, 0.05) is 30.7 Å². The van der Waals surface area contributed by atoms with Gasteiger partial charge in [-0.05, 0) is 37.7 Å². The molecule has 19 heavy (non-hydrogen) atoms. The summed E-state index contributed by atoms with van der Waals surface area (Å²) >= 11 is 0. The zero-order chi connectivity index (χ0) is 13.2. The number of nitrogens with zero attached hydrogens (tertiary/aromatic N) is 1. The average Bonchev–Trinajstić information content (AvgIpc) is 3.26. The third kappa shape index (κ3) is 3.83. The molecule has 3 rings (SSSR count). The van der Waals surface area contributed by atoms with Gasteiger partial charge in [-0.2, -0.15) is 0 Å². The van der Waals surface area contributed by atoms with Crippen molar-refractivity contribution in [2.75, 3.05) is 6.54 Å². The van der Waals surface area contributed by atoms with Crippen LogP contribution in [0.4, 0.5) is 0 Å². The summed E-state index contributed by atoms with van der Waals surface area (Å²) in [5.41, 5.74) is 1.38. The molecule has 2 aliphatic carbocycles. The van der Waals surface area contributed by atoms with Crippen molar-refractivity contribution in [1.82, 2.24) is 10.2 Å². The normalized spacial score (nSPS) is 19.6. The Balaban J connectivity index is 1.58. The Hall–Kier alpha value is -0.800. The van der Waals surface area contributed by atoms with Gasteiger partial charge in [-0.25, -0.2) is 0 Å². The summed E-state index contributed by atoms with van der Waals surface area (Å²) in [4.78, 5) is 2.64. The quantitative estimate of drug-likeness (QED) is 0.780. The Morgan fingerprint density at radius 1 is 1.32 bits per heavy atom. The predicted octanol–water partition coefficient (Wildman–Crippen LogP) is 3.15. The molecule has 0 atom stereocenters. The van der Waals surface area contributed by atoms with E-state index in [9.17, 15) is 0 Å². The van der Waals surface area contributed by atoms with Crippen LogP contribution in [0.3, 0.4) is 0 Å². The molecule has 1 heterocycles. The number of nitrogens with one attached hydrogen (secondary N) is 1. The second-order valence-electron chi connectivity index (χ2n) is 6.58. The molecule has 0 aliphatic heterocycles. The topological polar surface area (TPSA) is 28.4 Å². The standard InChI is InChI=1S/C16H26N2O/c1-12(2)10-18(15-5-6-15)11-13-7-8-19-16(13)9-17-14-3-4-14/h7-8,12,14-15,17H,3-6,9-11H2,1-2H3. The molecule has 0 radical (unpaired) electrons. The third-order valence-electron chi connectivity index (χ3n) is 4.00. The molecule has 0 spiro atoms. The summed E-state index contributed by atoms with van der Waals surface area (Å²) in [6, 6.07) is 3.72. The number of hydrogen-bond acceptors (Lipinski definition) is 3. The summed E-state index contributed by atoms with van der Waals surface area (Å²) in [5.74, 6) is 1.88. The van der Waals surface area contributed by atoms with E-state index in [0.29, 0.717) is 0 Å². The second-order valence-corrected chi connectivity index (χ2v) is 6.58. The van der Waals surface area contributed by atoms with Crippen LogP contribution in [0, 0.1) is 5.92 Å². The lowest BCUT2D eigenvalue weighted by molar-refractivity contribution is 0.224. The molecule has 1 N–H and O–H groups in total. The average molecular weight is 262 g/mol. The Morgan fingerprint density at radius 3 is 2.74 bits per heavy atom. The van der Waals surface area contributed by atoms with Crippen LogP contribution in [-0.2, 0) is 13.1 Å². The Bertz CT molecular complexity index is 405. The summed E-state index contributed by atoms with van der Waals surface area (Å²) < 4.78 is 5.66. The van der Waals surface area contributed by atoms with Gasteiger partial charge in [-0.15, -0.1) is 0 Å². The van der Waals surface area contributed by atoms with E-state index in [-0.39, 0.29) is 0 Å². The van der Waals surface area contributed by atoms with E-state index in [1.807, 2.05) is 6.26 Å². The van der Waals surface area contributed by atoms with Gasteiger partial charge in [0.2, 0.25) is 0 Å². The minimum atomic E-state index is 0.737. The molecule has 2 aliphatic rings. The minimum Gasteiger partial charge on any atom is -0.468 e. The molecular weight excluding hydrogens is 236 g/mol. The molecule has 0 unspecified atom stereocenters. The van der Waals surface area contributed by atoms with Crippen molar-refractivity contribution in [3.8, 4) is 0 Å². The van der Waals surface area contributed by atoms with Crippen molar-refractivity contribution in [3.05, 3.63) is 23.7 Å². The molecule has 3 heteroatoms. The van der Waals surface area contributed by atoms with Crippen LogP contribution in [-0.4, -0.2) is 23.5 Å².